The van der Waals surface area contributed by atoms with Crippen LogP contribution in [0.1, 0.15) is 40.5 Å². The van der Waals surface area contributed by atoms with Crippen molar-refractivity contribution in [2.45, 2.75) is 46.1 Å². The minimum atomic E-state index is -0.206. The lowest BCUT2D eigenvalue weighted by Crippen LogP contribution is -2.50. The van der Waals surface area contributed by atoms with Gasteiger partial charge in [0.25, 0.3) is 0 Å². The molecule has 4 nitrogen and oxygen atoms in total. The van der Waals surface area contributed by atoms with Crippen LogP contribution in [0.4, 0.5) is 0 Å². The van der Waals surface area contributed by atoms with Crippen LogP contribution in [0.2, 0.25) is 0 Å². The van der Waals surface area contributed by atoms with Gasteiger partial charge in [-0.1, -0.05) is 20.8 Å². The third-order valence-electron chi connectivity index (χ3n) is 3.16. The van der Waals surface area contributed by atoms with Gasteiger partial charge in [-0.25, -0.2) is 0 Å². The standard InChI is InChI=1S/C13H26N2O2/c1-12(2,3)7-10(8-14)11(16)15-13(4)5-6-17-9-13/h10H,5-9,14H2,1-4H3,(H,15,16). The lowest BCUT2D eigenvalue weighted by atomic mass is 9.84. The maximum absolute atomic E-state index is 12.2. The second-order valence-electron chi connectivity index (χ2n) is 6.55. The van der Waals surface area contributed by atoms with E-state index >= 15 is 0 Å². The first-order valence-electron chi connectivity index (χ1n) is 6.36. The Labute approximate surface area is 104 Å². The van der Waals surface area contributed by atoms with E-state index in [9.17, 15) is 4.79 Å². The number of hydrogen-bond donors (Lipinski definition) is 2. The highest BCUT2D eigenvalue weighted by Crippen LogP contribution is 2.25. The summed E-state index contributed by atoms with van der Waals surface area (Å²) >= 11 is 0. The molecule has 1 heterocycles. The van der Waals surface area contributed by atoms with Crippen LogP contribution in [0.25, 0.3) is 0 Å². The van der Waals surface area contributed by atoms with Gasteiger partial charge >= 0.3 is 0 Å². The molecular weight excluding hydrogens is 216 g/mol. The van der Waals surface area contributed by atoms with Crippen molar-refractivity contribution >= 4 is 5.91 Å². The number of carbonyl (C=O) groups excluding carboxylic acids is 1. The molecule has 0 aliphatic carbocycles. The molecule has 0 aromatic heterocycles. The number of carbonyl (C=O) groups is 1. The average Bonchev–Trinajstić information content (AvgIpc) is 2.59. The first kappa shape index (κ1) is 14.5. The number of amides is 1. The first-order chi connectivity index (χ1) is 7.76. The highest BCUT2D eigenvalue weighted by molar-refractivity contribution is 5.79. The molecule has 0 radical (unpaired) electrons. The van der Waals surface area contributed by atoms with Gasteiger partial charge in [0.2, 0.25) is 5.91 Å². The second kappa shape index (κ2) is 5.36. The molecular formula is C13H26N2O2. The van der Waals surface area contributed by atoms with E-state index in [-0.39, 0.29) is 22.8 Å². The number of nitrogens with one attached hydrogen (secondary N) is 1. The number of rotatable bonds is 4. The molecule has 1 aliphatic rings. The molecule has 1 saturated heterocycles. The van der Waals surface area contributed by atoms with Gasteiger partial charge in [0.15, 0.2) is 0 Å². The molecule has 0 aromatic carbocycles. The summed E-state index contributed by atoms with van der Waals surface area (Å²) in [6.07, 6.45) is 1.69. The predicted octanol–water partition coefficient (Wildman–Crippen LogP) is 1.29. The van der Waals surface area contributed by atoms with Crippen LogP contribution in [0.15, 0.2) is 0 Å². The van der Waals surface area contributed by atoms with Crippen LogP contribution in [-0.4, -0.2) is 31.2 Å². The summed E-state index contributed by atoms with van der Waals surface area (Å²) < 4.78 is 5.33. The lowest BCUT2D eigenvalue weighted by Gasteiger charge is -2.29. The van der Waals surface area contributed by atoms with E-state index in [0.717, 1.165) is 19.4 Å². The van der Waals surface area contributed by atoms with Gasteiger partial charge in [0.1, 0.15) is 0 Å². The van der Waals surface area contributed by atoms with Gasteiger partial charge in [-0.3, -0.25) is 4.79 Å². The van der Waals surface area contributed by atoms with E-state index in [1.54, 1.807) is 0 Å². The molecule has 0 saturated carbocycles. The summed E-state index contributed by atoms with van der Waals surface area (Å²) in [5.41, 5.74) is 5.62. The van der Waals surface area contributed by atoms with E-state index in [0.29, 0.717) is 13.2 Å². The minimum absolute atomic E-state index is 0.0652. The van der Waals surface area contributed by atoms with Gasteiger partial charge in [-0.2, -0.15) is 0 Å². The van der Waals surface area contributed by atoms with E-state index < -0.39 is 0 Å². The smallest absolute Gasteiger partial charge is 0.224 e. The third-order valence-corrected chi connectivity index (χ3v) is 3.16. The fourth-order valence-electron chi connectivity index (χ4n) is 2.19. The van der Waals surface area contributed by atoms with Gasteiger partial charge < -0.3 is 15.8 Å². The Morgan fingerprint density at radius 1 is 1.53 bits per heavy atom. The van der Waals surface area contributed by atoms with Gasteiger partial charge in [0.05, 0.1) is 18.1 Å². The SMILES string of the molecule is CC(C)(C)CC(CN)C(=O)NC1(C)CCOC1. The molecule has 17 heavy (non-hydrogen) atoms. The molecule has 2 atom stereocenters. The van der Waals surface area contributed by atoms with Crippen molar-refractivity contribution in [3.63, 3.8) is 0 Å². The third kappa shape index (κ3) is 4.64. The summed E-state index contributed by atoms with van der Waals surface area (Å²) in [6, 6.07) is 0. The number of hydrogen-bond acceptors (Lipinski definition) is 3. The van der Waals surface area contributed by atoms with Crippen molar-refractivity contribution in [3.8, 4) is 0 Å². The highest BCUT2D eigenvalue weighted by Gasteiger charge is 2.34. The summed E-state index contributed by atoms with van der Waals surface area (Å²) in [4.78, 5) is 12.2. The van der Waals surface area contributed by atoms with Crippen LogP contribution in [-0.2, 0) is 9.53 Å². The van der Waals surface area contributed by atoms with Crippen LogP contribution >= 0.6 is 0 Å². The van der Waals surface area contributed by atoms with Gasteiger partial charge in [-0.15, -0.1) is 0 Å². The molecule has 0 aromatic rings. The minimum Gasteiger partial charge on any atom is -0.379 e. The van der Waals surface area contributed by atoms with Crippen LogP contribution < -0.4 is 11.1 Å². The molecule has 0 spiro atoms. The summed E-state index contributed by atoms with van der Waals surface area (Å²) in [5, 5.41) is 3.08. The fraction of sp³-hybridized carbons (Fsp3) is 0.923. The molecule has 1 rings (SSSR count). The van der Waals surface area contributed by atoms with Gasteiger partial charge in [-0.05, 0) is 25.2 Å². The Morgan fingerprint density at radius 3 is 2.59 bits per heavy atom. The topological polar surface area (TPSA) is 64.4 Å². The van der Waals surface area contributed by atoms with Gasteiger partial charge in [0, 0.05) is 13.2 Å². The molecule has 100 valence electrons. The normalized spacial score (nSPS) is 26.9. The van der Waals surface area contributed by atoms with Crippen molar-refractivity contribution in [1.29, 1.82) is 0 Å². The van der Waals surface area contributed by atoms with Crippen molar-refractivity contribution in [1.82, 2.24) is 5.32 Å². The highest BCUT2D eigenvalue weighted by atomic mass is 16.5. The Kier molecular flexibility index (Phi) is 4.55. The Hall–Kier alpha value is -0.610. The number of ether oxygens (including phenoxy) is 1. The monoisotopic (exact) mass is 242 g/mol. The first-order valence-corrected chi connectivity index (χ1v) is 6.36. The molecule has 1 aliphatic heterocycles. The zero-order chi connectivity index (χ0) is 13.1. The molecule has 1 fully saturated rings. The van der Waals surface area contributed by atoms with Crippen LogP contribution in [0, 0.1) is 11.3 Å². The zero-order valence-corrected chi connectivity index (χ0v) is 11.5. The van der Waals surface area contributed by atoms with Crippen LogP contribution in [0.5, 0.6) is 0 Å². The molecule has 3 N–H and O–H groups in total. The Bertz CT molecular complexity index is 265. The van der Waals surface area contributed by atoms with Crippen molar-refractivity contribution < 1.29 is 9.53 Å². The second-order valence-corrected chi connectivity index (χ2v) is 6.55. The summed E-state index contributed by atoms with van der Waals surface area (Å²) in [6.45, 7) is 10.1. The van der Waals surface area contributed by atoms with E-state index in [4.69, 9.17) is 10.5 Å². The van der Waals surface area contributed by atoms with E-state index in [1.165, 1.54) is 0 Å². The Balaban J connectivity index is 2.54. The molecule has 0 bridgehead atoms. The largest absolute Gasteiger partial charge is 0.379 e. The predicted molar refractivity (Wildman–Crippen MR) is 68.6 cm³/mol. The van der Waals surface area contributed by atoms with E-state index in [1.807, 2.05) is 6.92 Å². The van der Waals surface area contributed by atoms with E-state index in [2.05, 4.69) is 26.1 Å². The van der Waals surface area contributed by atoms with Crippen molar-refractivity contribution in [2.75, 3.05) is 19.8 Å². The average molecular weight is 242 g/mol. The lowest BCUT2D eigenvalue weighted by molar-refractivity contribution is -0.127. The maximum atomic E-state index is 12.2. The van der Waals surface area contributed by atoms with Crippen molar-refractivity contribution in [3.05, 3.63) is 0 Å². The number of nitrogens with two attached hydrogens (primary N) is 1. The molecule has 4 heteroatoms. The molecule has 2 unspecified atom stereocenters. The summed E-state index contributed by atoms with van der Waals surface area (Å²) in [7, 11) is 0. The molecule has 1 amide bonds. The summed E-state index contributed by atoms with van der Waals surface area (Å²) in [5.74, 6) is -0.0390. The maximum Gasteiger partial charge on any atom is 0.224 e. The quantitative estimate of drug-likeness (QED) is 0.781. The fourth-order valence-corrected chi connectivity index (χ4v) is 2.19. The zero-order valence-electron chi connectivity index (χ0n) is 11.5. The van der Waals surface area contributed by atoms with Crippen molar-refractivity contribution in [2.24, 2.45) is 17.1 Å². The van der Waals surface area contributed by atoms with Crippen LogP contribution in [0.3, 0.4) is 0 Å². The Morgan fingerprint density at radius 2 is 2.18 bits per heavy atom.